The van der Waals surface area contributed by atoms with Crippen molar-refractivity contribution in [1.29, 1.82) is 0 Å². The molecule has 0 amide bonds. The number of rotatable bonds is 1. The molecule has 0 heterocycles. The zero-order chi connectivity index (χ0) is 8.81. The van der Waals surface area contributed by atoms with Gasteiger partial charge in [-0.1, -0.05) is 0 Å². The second-order valence-corrected chi connectivity index (χ2v) is 2.69. The van der Waals surface area contributed by atoms with E-state index in [1.807, 2.05) is 30.3 Å². The zero-order valence-corrected chi connectivity index (χ0v) is 7.98. The first-order valence-electron chi connectivity index (χ1n) is 3.48. The molecule has 12 heavy (non-hydrogen) atoms. The van der Waals surface area contributed by atoms with Gasteiger partial charge >= 0.3 is 80.0 Å². The Hall–Kier alpha value is -0.858. The van der Waals surface area contributed by atoms with Crippen LogP contribution in [0.3, 0.4) is 0 Å². The molecule has 0 spiro atoms. The number of hydrogen-bond acceptors (Lipinski definition) is 1. The summed E-state index contributed by atoms with van der Waals surface area (Å²) in [6.45, 7) is 0. The average Bonchev–Trinajstić information content (AvgIpc) is 2.16. The van der Waals surface area contributed by atoms with Crippen LogP contribution in [0.1, 0.15) is 5.56 Å². The van der Waals surface area contributed by atoms with Crippen LogP contribution in [-0.4, -0.2) is 11.7 Å². The summed E-state index contributed by atoms with van der Waals surface area (Å²) in [7, 11) is 1.59. The van der Waals surface area contributed by atoms with Gasteiger partial charge in [0, 0.05) is 0 Å². The molecule has 1 rings (SSSR count). The number of methoxy groups -OCH3 is 1. The molecule has 2 heteroatoms. The maximum atomic E-state index is 4.86. The molecule has 0 radical (unpaired) electrons. The molecule has 1 aromatic carbocycles. The average molecular weight is 196 g/mol. The summed E-state index contributed by atoms with van der Waals surface area (Å²) < 4.78 is 5.47. The minimum atomic E-state index is 0.610. The Kier molecular flexibility index (Phi) is 3.78. The molecule has 0 aliphatic heterocycles. The molecule has 0 aliphatic rings. The Balaban J connectivity index is 2.74. The van der Waals surface area contributed by atoms with E-state index in [4.69, 9.17) is 4.74 Å². The molecule has 60 valence electrons. The van der Waals surface area contributed by atoms with Gasteiger partial charge in [0.05, 0.1) is 0 Å². The normalized spacial score (nSPS) is 8.42. The van der Waals surface area contributed by atoms with E-state index in [1.165, 1.54) is 0 Å². The van der Waals surface area contributed by atoms with Gasteiger partial charge < -0.3 is 0 Å². The Morgan fingerprint density at radius 2 is 2.00 bits per heavy atom. The van der Waals surface area contributed by atoms with E-state index < -0.39 is 0 Å². The van der Waals surface area contributed by atoms with Crippen LogP contribution in [0.15, 0.2) is 30.3 Å². The van der Waals surface area contributed by atoms with Crippen molar-refractivity contribution in [2.24, 2.45) is 0 Å². The SMILES string of the molecule is CO[C](=[Cr])C#Cc1ccccc1. The molecular formula is C10H8CrO. The van der Waals surface area contributed by atoms with E-state index in [-0.39, 0.29) is 0 Å². The second kappa shape index (κ2) is 4.91. The Labute approximate surface area is 80.3 Å². The first kappa shape index (κ1) is 9.23. The number of ether oxygens (including phenoxy) is 1. The summed E-state index contributed by atoms with van der Waals surface area (Å²) in [6.07, 6.45) is 0. The molecule has 0 aromatic heterocycles. The summed E-state index contributed by atoms with van der Waals surface area (Å²) in [5, 5.41) is 0. The van der Waals surface area contributed by atoms with Crippen molar-refractivity contribution in [1.82, 2.24) is 0 Å². The summed E-state index contributed by atoms with van der Waals surface area (Å²) in [4.78, 5) is 0. The van der Waals surface area contributed by atoms with Gasteiger partial charge in [0.25, 0.3) is 0 Å². The predicted molar refractivity (Wildman–Crippen MR) is 45.3 cm³/mol. The molecular weight excluding hydrogens is 188 g/mol. The van der Waals surface area contributed by atoms with Crippen LogP contribution < -0.4 is 0 Å². The summed E-state index contributed by atoms with van der Waals surface area (Å²) in [6, 6.07) is 9.78. The summed E-state index contributed by atoms with van der Waals surface area (Å²) in [5.41, 5.74) is 0.988. The van der Waals surface area contributed by atoms with Crippen molar-refractivity contribution in [3.63, 3.8) is 0 Å². The first-order valence-corrected chi connectivity index (χ1v) is 4.11. The molecule has 0 N–H and O–H groups in total. The van der Waals surface area contributed by atoms with Crippen molar-refractivity contribution < 1.29 is 20.6 Å². The fraction of sp³-hybridized carbons (Fsp3) is 0.100. The van der Waals surface area contributed by atoms with Crippen LogP contribution in [0.4, 0.5) is 0 Å². The van der Waals surface area contributed by atoms with Crippen LogP contribution in [0, 0.1) is 11.8 Å². The molecule has 0 fully saturated rings. The molecule has 0 unspecified atom stereocenters. The van der Waals surface area contributed by atoms with Gasteiger partial charge in [-0.25, -0.2) is 0 Å². The van der Waals surface area contributed by atoms with Crippen LogP contribution in [0.25, 0.3) is 0 Å². The number of benzene rings is 1. The monoisotopic (exact) mass is 196 g/mol. The Morgan fingerprint density at radius 3 is 2.58 bits per heavy atom. The molecule has 0 atom stereocenters. The molecule has 0 saturated heterocycles. The van der Waals surface area contributed by atoms with E-state index in [1.54, 1.807) is 7.11 Å². The fourth-order valence-corrected chi connectivity index (χ4v) is 0.775. The zero-order valence-electron chi connectivity index (χ0n) is 6.70. The minimum absolute atomic E-state index is 0.610. The van der Waals surface area contributed by atoms with Crippen LogP contribution >= 0.6 is 0 Å². The molecule has 1 nitrogen and oxygen atoms in total. The third-order valence-corrected chi connectivity index (χ3v) is 1.69. The molecule has 1 aromatic rings. The first-order chi connectivity index (χ1) is 5.83. The van der Waals surface area contributed by atoms with Gasteiger partial charge in [0.1, 0.15) is 0 Å². The van der Waals surface area contributed by atoms with Gasteiger partial charge in [-0.2, -0.15) is 0 Å². The Morgan fingerprint density at radius 1 is 1.33 bits per heavy atom. The van der Waals surface area contributed by atoms with E-state index in [2.05, 4.69) is 27.7 Å². The van der Waals surface area contributed by atoms with Gasteiger partial charge in [0.2, 0.25) is 0 Å². The van der Waals surface area contributed by atoms with Gasteiger partial charge in [-0.05, 0) is 0 Å². The van der Waals surface area contributed by atoms with Crippen LogP contribution in [0.2, 0.25) is 0 Å². The van der Waals surface area contributed by atoms with Crippen molar-refractivity contribution in [3.8, 4) is 11.8 Å². The fourth-order valence-electron chi connectivity index (χ4n) is 0.696. The third-order valence-electron chi connectivity index (χ3n) is 1.27. The van der Waals surface area contributed by atoms with Crippen molar-refractivity contribution in [3.05, 3.63) is 35.9 Å². The van der Waals surface area contributed by atoms with E-state index in [0.29, 0.717) is 4.57 Å². The quantitative estimate of drug-likeness (QED) is 0.616. The summed E-state index contributed by atoms with van der Waals surface area (Å²) in [5.74, 6) is 5.79. The van der Waals surface area contributed by atoms with Crippen LogP contribution in [0.5, 0.6) is 0 Å². The van der Waals surface area contributed by atoms with Gasteiger partial charge in [-0.3, -0.25) is 0 Å². The predicted octanol–water partition coefficient (Wildman–Crippen LogP) is 1.36. The van der Waals surface area contributed by atoms with E-state index in [0.717, 1.165) is 5.56 Å². The van der Waals surface area contributed by atoms with Crippen molar-refractivity contribution in [2.45, 2.75) is 0 Å². The topological polar surface area (TPSA) is 9.23 Å². The molecule has 0 saturated carbocycles. The summed E-state index contributed by atoms with van der Waals surface area (Å²) >= 11 is 2.72. The van der Waals surface area contributed by atoms with Crippen LogP contribution in [-0.2, 0) is 20.6 Å². The van der Waals surface area contributed by atoms with E-state index >= 15 is 0 Å². The number of hydrogen-bond donors (Lipinski definition) is 0. The second-order valence-electron chi connectivity index (χ2n) is 2.11. The maximum absolute atomic E-state index is 4.86. The van der Waals surface area contributed by atoms with Gasteiger partial charge in [0.15, 0.2) is 0 Å². The Bertz CT molecular complexity index is 319. The van der Waals surface area contributed by atoms with Crippen molar-refractivity contribution >= 4 is 4.57 Å². The molecule has 0 bridgehead atoms. The standard InChI is InChI=1S/C10H8O.Cr/c1-11-9-5-8-10-6-3-2-4-7-10;/h2-4,6-7H,1H3;. The van der Waals surface area contributed by atoms with E-state index in [9.17, 15) is 0 Å². The van der Waals surface area contributed by atoms with Crippen molar-refractivity contribution in [2.75, 3.05) is 7.11 Å². The van der Waals surface area contributed by atoms with Gasteiger partial charge in [-0.15, -0.1) is 0 Å². The molecule has 0 aliphatic carbocycles. The third kappa shape index (κ3) is 3.03.